The highest BCUT2D eigenvalue weighted by Crippen LogP contribution is 2.24. The first-order chi connectivity index (χ1) is 12.5. The molecule has 0 radical (unpaired) electrons. The molecule has 1 aromatic carbocycles. The van der Waals surface area contributed by atoms with E-state index >= 15 is 0 Å². The van der Waals surface area contributed by atoms with Crippen LogP contribution >= 0.6 is 11.3 Å². The third kappa shape index (κ3) is 4.44. The number of aromatic nitrogens is 1. The number of piperidine rings is 1. The summed E-state index contributed by atoms with van der Waals surface area (Å²) in [5.41, 5.74) is -0.974. The van der Waals surface area contributed by atoms with Crippen LogP contribution < -0.4 is 5.32 Å². The highest BCUT2D eigenvalue weighted by molar-refractivity contribution is 7.09. The molecule has 2 heterocycles. The molecule has 1 atom stereocenters. The smallest absolute Gasteiger partial charge is 0.256 e. The van der Waals surface area contributed by atoms with Crippen LogP contribution in [-0.4, -0.2) is 46.1 Å². The Balaban J connectivity index is 1.56. The zero-order chi connectivity index (χ0) is 18.6. The average molecular weight is 381 g/mol. The summed E-state index contributed by atoms with van der Waals surface area (Å²) >= 11 is 1.57. The van der Waals surface area contributed by atoms with Crippen molar-refractivity contribution in [2.45, 2.75) is 31.4 Å². The van der Waals surface area contributed by atoms with E-state index in [1.165, 1.54) is 11.0 Å². The second-order valence-electron chi connectivity index (χ2n) is 6.46. The van der Waals surface area contributed by atoms with E-state index in [0.717, 1.165) is 23.6 Å². The fourth-order valence-corrected chi connectivity index (χ4v) is 3.73. The van der Waals surface area contributed by atoms with Gasteiger partial charge in [0.1, 0.15) is 0 Å². The number of hydrogen-bond acceptors (Lipinski definition) is 5. The second-order valence-corrected chi connectivity index (χ2v) is 7.44. The van der Waals surface area contributed by atoms with Crippen molar-refractivity contribution < 1.29 is 18.7 Å². The van der Waals surface area contributed by atoms with Crippen molar-refractivity contribution in [3.05, 3.63) is 52.0 Å². The van der Waals surface area contributed by atoms with Crippen LogP contribution in [-0.2, 0) is 17.8 Å². The number of nitrogens with zero attached hydrogens (tertiary/aromatic N) is 2. The van der Waals surface area contributed by atoms with Crippen LogP contribution in [0.1, 0.15) is 23.4 Å². The maximum atomic E-state index is 13.4. The number of benzene rings is 1. The molecule has 0 spiro atoms. The van der Waals surface area contributed by atoms with Crippen molar-refractivity contribution in [2.75, 3.05) is 19.6 Å². The molecule has 140 valence electrons. The Morgan fingerprint density at radius 1 is 1.35 bits per heavy atom. The molecule has 1 aliphatic heterocycles. The van der Waals surface area contributed by atoms with Crippen molar-refractivity contribution in [1.29, 1.82) is 0 Å². The van der Waals surface area contributed by atoms with Crippen molar-refractivity contribution >= 4 is 17.2 Å². The molecule has 1 fully saturated rings. The summed E-state index contributed by atoms with van der Waals surface area (Å²) < 4.78 is 26.4. The number of halogens is 2. The molecule has 8 heteroatoms. The second kappa shape index (κ2) is 8.20. The topological polar surface area (TPSA) is 65.5 Å². The van der Waals surface area contributed by atoms with E-state index < -0.39 is 17.2 Å². The first-order valence-electron chi connectivity index (χ1n) is 8.53. The van der Waals surface area contributed by atoms with Crippen molar-refractivity contribution in [2.24, 2.45) is 0 Å². The number of amides is 1. The quantitative estimate of drug-likeness (QED) is 0.721. The van der Waals surface area contributed by atoms with Gasteiger partial charge in [0, 0.05) is 44.2 Å². The molecule has 0 saturated carbocycles. The van der Waals surface area contributed by atoms with Gasteiger partial charge in [-0.3, -0.25) is 4.79 Å². The van der Waals surface area contributed by atoms with Gasteiger partial charge in [-0.15, -0.1) is 11.3 Å². The molecular formula is C18H21F2N3O2S. The van der Waals surface area contributed by atoms with Crippen LogP contribution in [0.4, 0.5) is 8.78 Å². The molecular weight excluding hydrogens is 360 g/mol. The lowest BCUT2D eigenvalue weighted by Crippen LogP contribution is -2.57. The summed E-state index contributed by atoms with van der Waals surface area (Å²) in [6.07, 6.45) is 3.51. The fourth-order valence-electron chi connectivity index (χ4n) is 3.11. The average Bonchev–Trinajstić information content (AvgIpc) is 3.13. The van der Waals surface area contributed by atoms with Crippen LogP contribution in [0.2, 0.25) is 0 Å². The number of rotatable bonds is 7. The number of aliphatic hydroxyl groups is 1. The maximum Gasteiger partial charge on any atom is 0.256 e. The van der Waals surface area contributed by atoms with Gasteiger partial charge in [-0.2, -0.15) is 0 Å². The maximum absolute atomic E-state index is 13.4. The fraction of sp³-hybridized carbons (Fsp3) is 0.444. The van der Waals surface area contributed by atoms with E-state index in [2.05, 4.69) is 10.3 Å². The van der Waals surface area contributed by atoms with Gasteiger partial charge in [-0.1, -0.05) is 6.07 Å². The lowest BCUT2D eigenvalue weighted by molar-refractivity contribution is -0.157. The van der Waals surface area contributed by atoms with Gasteiger partial charge in [-0.05, 0) is 30.5 Å². The molecule has 2 N–H and O–H groups in total. The SMILES string of the molecule is O=C1N(Cc2ccc(F)c(F)c2)CCCC1(O)CNCCc1nccs1. The van der Waals surface area contributed by atoms with E-state index in [4.69, 9.17) is 0 Å². The van der Waals surface area contributed by atoms with Crippen LogP contribution in [0.5, 0.6) is 0 Å². The Morgan fingerprint density at radius 3 is 2.92 bits per heavy atom. The number of likely N-dealkylation sites (tertiary alicyclic amines) is 1. The molecule has 1 amide bonds. The highest BCUT2D eigenvalue weighted by atomic mass is 32.1. The van der Waals surface area contributed by atoms with E-state index in [1.807, 2.05) is 5.38 Å². The normalized spacial score (nSPS) is 20.6. The zero-order valence-electron chi connectivity index (χ0n) is 14.3. The van der Waals surface area contributed by atoms with Gasteiger partial charge in [0.25, 0.3) is 5.91 Å². The summed E-state index contributed by atoms with van der Waals surface area (Å²) in [5.74, 6) is -2.24. The van der Waals surface area contributed by atoms with Crippen LogP contribution in [0.15, 0.2) is 29.8 Å². The Labute approximate surface area is 154 Å². The Kier molecular flexibility index (Phi) is 5.95. The number of carbonyl (C=O) groups excluding carboxylic acids is 1. The predicted molar refractivity (Wildman–Crippen MR) is 94.6 cm³/mol. The number of carbonyl (C=O) groups is 1. The number of nitrogens with one attached hydrogen (secondary N) is 1. The standard InChI is InChI=1S/C18H21F2N3O2S/c19-14-3-2-13(10-15(14)20)11-23-8-1-5-18(25,17(23)24)12-21-6-4-16-22-7-9-26-16/h2-3,7,9-10,21,25H,1,4-6,8,11-12H2. The minimum Gasteiger partial charge on any atom is -0.379 e. The van der Waals surface area contributed by atoms with E-state index in [-0.39, 0.29) is 19.0 Å². The summed E-state index contributed by atoms with van der Waals surface area (Å²) in [6, 6.07) is 3.58. The van der Waals surface area contributed by atoms with Gasteiger partial charge in [0.2, 0.25) is 0 Å². The number of hydrogen-bond donors (Lipinski definition) is 2. The molecule has 26 heavy (non-hydrogen) atoms. The van der Waals surface area contributed by atoms with E-state index in [9.17, 15) is 18.7 Å². The van der Waals surface area contributed by atoms with Crippen LogP contribution in [0.3, 0.4) is 0 Å². The molecule has 2 aromatic rings. The lowest BCUT2D eigenvalue weighted by atomic mass is 9.91. The van der Waals surface area contributed by atoms with Gasteiger partial charge in [0.05, 0.1) is 5.01 Å². The van der Waals surface area contributed by atoms with Crippen LogP contribution in [0, 0.1) is 11.6 Å². The highest BCUT2D eigenvalue weighted by Gasteiger charge is 2.41. The Bertz CT molecular complexity index is 757. The first kappa shape index (κ1) is 18.9. The molecule has 1 saturated heterocycles. The molecule has 1 aliphatic rings. The first-order valence-corrected chi connectivity index (χ1v) is 9.41. The monoisotopic (exact) mass is 381 g/mol. The molecule has 1 aromatic heterocycles. The minimum atomic E-state index is -1.47. The van der Waals surface area contributed by atoms with Gasteiger partial charge in [0.15, 0.2) is 17.2 Å². The third-order valence-electron chi connectivity index (χ3n) is 4.48. The van der Waals surface area contributed by atoms with Crippen molar-refractivity contribution in [1.82, 2.24) is 15.2 Å². The largest absolute Gasteiger partial charge is 0.379 e. The third-order valence-corrected chi connectivity index (χ3v) is 5.32. The van der Waals surface area contributed by atoms with Crippen molar-refractivity contribution in [3.8, 4) is 0 Å². The molecule has 5 nitrogen and oxygen atoms in total. The lowest BCUT2D eigenvalue weighted by Gasteiger charge is -2.38. The summed E-state index contributed by atoms with van der Waals surface area (Å²) in [5, 5.41) is 16.8. The van der Waals surface area contributed by atoms with Crippen molar-refractivity contribution in [3.63, 3.8) is 0 Å². The number of thiazole rings is 1. The van der Waals surface area contributed by atoms with Crippen LogP contribution in [0.25, 0.3) is 0 Å². The molecule has 3 rings (SSSR count). The molecule has 1 unspecified atom stereocenters. The summed E-state index contributed by atoms with van der Waals surface area (Å²) in [4.78, 5) is 18.4. The van der Waals surface area contributed by atoms with E-state index in [0.29, 0.717) is 31.5 Å². The predicted octanol–water partition coefficient (Wildman–Crippen LogP) is 2.11. The Morgan fingerprint density at radius 2 is 2.19 bits per heavy atom. The molecule has 0 bridgehead atoms. The zero-order valence-corrected chi connectivity index (χ0v) is 15.1. The van der Waals surface area contributed by atoms with Gasteiger partial charge >= 0.3 is 0 Å². The van der Waals surface area contributed by atoms with E-state index in [1.54, 1.807) is 17.5 Å². The molecule has 0 aliphatic carbocycles. The summed E-state index contributed by atoms with van der Waals surface area (Å²) in [7, 11) is 0. The Hall–Kier alpha value is -1.90. The summed E-state index contributed by atoms with van der Waals surface area (Å²) in [6.45, 7) is 1.41. The van der Waals surface area contributed by atoms with Gasteiger partial charge in [-0.25, -0.2) is 13.8 Å². The van der Waals surface area contributed by atoms with Gasteiger partial charge < -0.3 is 15.3 Å². The minimum absolute atomic E-state index is 0.150.